The summed E-state index contributed by atoms with van der Waals surface area (Å²) in [5.41, 5.74) is 5.26. The molecule has 3 unspecified atom stereocenters. The number of methoxy groups -OCH3 is 2. The number of carbonyl (C=O) groups excluding carboxylic acids is 15. The highest BCUT2D eigenvalue weighted by molar-refractivity contribution is 7.51. The highest BCUT2D eigenvalue weighted by Gasteiger charge is 2.49. The van der Waals surface area contributed by atoms with E-state index in [-0.39, 0.29) is 146 Å². The second-order valence-electron chi connectivity index (χ2n) is 36.3. The van der Waals surface area contributed by atoms with Crippen LogP contribution in [-0.2, 0) is 130 Å². The van der Waals surface area contributed by atoms with E-state index in [1.165, 1.54) is 45.4 Å². The van der Waals surface area contributed by atoms with Crippen LogP contribution in [0, 0.1) is 40.9 Å². The van der Waals surface area contributed by atoms with Crippen molar-refractivity contribution in [3.63, 3.8) is 0 Å². The Kier molecular flexibility index (Phi) is 49.1. The fourth-order valence-corrected chi connectivity index (χ4v) is 17.5. The van der Waals surface area contributed by atoms with Crippen LogP contribution in [0.1, 0.15) is 171 Å². The number of cyclic esters (lactones) is 1. The summed E-state index contributed by atoms with van der Waals surface area (Å²) in [6.45, 7) is 22.2. The minimum atomic E-state index is -5.02. The van der Waals surface area contributed by atoms with E-state index in [1.54, 1.807) is 88.7 Å². The molecule has 3 fully saturated rings. The highest BCUT2D eigenvalue weighted by atomic mass is 31.2. The molecule has 766 valence electrons. The first-order chi connectivity index (χ1) is 64.0. The number of likely N-dealkylation sites (tertiary alicyclic amines) is 2. The minimum Gasteiger partial charge on any atom is -0.462 e. The van der Waals surface area contributed by atoms with Crippen molar-refractivity contribution in [1.82, 2.24) is 62.1 Å². The Labute approximate surface area is 795 Å². The number of rotatable bonds is 62. The summed E-state index contributed by atoms with van der Waals surface area (Å²) in [5, 5.41) is 23.7. The quantitative estimate of drug-likeness (QED) is 0.0196. The van der Waals surface area contributed by atoms with Crippen LogP contribution in [0.3, 0.4) is 0 Å². The lowest BCUT2D eigenvalue weighted by Gasteiger charge is -2.41. The number of phosphoric ester groups is 1. The number of benzene rings is 2. The lowest BCUT2D eigenvalue weighted by molar-refractivity contribution is -0.164. The molecule has 5 rings (SSSR count). The van der Waals surface area contributed by atoms with Crippen molar-refractivity contribution in [2.45, 2.75) is 240 Å². The zero-order valence-electron chi connectivity index (χ0n) is 81.5. The summed E-state index contributed by atoms with van der Waals surface area (Å²) in [5.74, 6) is -12.4. The molecule has 3 aliphatic rings. The average molecular weight is 1970 g/mol. The third kappa shape index (κ3) is 38.0. The van der Waals surface area contributed by atoms with Gasteiger partial charge in [0.15, 0.2) is 0 Å². The normalized spacial score (nSPS) is 18.9. The fraction of sp³-hybridized carbons (Fsp3) is 0.700. The van der Waals surface area contributed by atoms with Gasteiger partial charge in [0.2, 0.25) is 77.0 Å². The van der Waals surface area contributed by atoms with E-state index in [4.69, 9.17) is 62.5 Å². The molecule has 46 heteroatoms. The van der Waals surface area contributed by atoms with Crippen molar-refractivity contribution < 1.29 is 143 Å². The van der Waals surface area contributed by atoms with Gasteiger partial charge >= 0.3 is 33.4 Å². The van der Waals surface area contributed by atoms with Gasteiger partial charge in [-0.15, -0.1) is 0 Å². The Morgan fingerprint density at radius 1 is 0.654 bits per heavy atom. The van der Waals surface area contributed by atoms with E-state index in [0.29, 0.717) is 36.9 Å². The van der Waals surface area contributed by atoms with E-state index in [9.17, 15) is 85.9 Å². The number of amides is 14. The number of hydrogen-bond donors (Lipinski definition) is 13. The number of primary amides is 1. The summed E-state index contributed by atoms with van der Waals surface area (Å²) in [7, 11) is -1.26. The van der Waals surface area contributed by atoms with E-state index < -0.39 is 221 Å². The van der Waals surface area contributed by atoms with Crippen molar-refractivity contribution in [2.24, 2.45) is 46.7 Å². The van der Waals surface area contributed by atoms with E-state index >= 15 is 0 Å². The van der Waals surface area contributed by atoms with Gasteiger partial charge in [-0.25, -0.2) is 14.2 Å². The third-order valence-electron chi connectivity index (χ3n) is 23.7. The number of carbonyl (C=O) groups is 15. The minimum absolute atomic E-state index is 0.00267. The second-order valence-corrected chi connectivity index (χ2v) is 39.5. The number of anilines is 1. The van der Waals surface area contributed by atoms with Gasteiger partial charge < -0.3 is 116 Å². The van der Waals surface area contributed by atoms with Crippen LogP contribution < -0.4 is 53.6 Å². The maximum absolute atomic E-state index is 14.7. The van der Waals surface area contributed by atoms with Gasteiger partial charge in [0.1, 0.15) is 42.9 Å². The molecule has 3 saturated heterocycles. The standard InChI is InChI=1S/C90H146N14O30P2/c1-19-56(8)76(102(16)87(117)74(54(4)5)100-85(115)75(55(6)7)101(14)15)67(125-17)49-70(107)103-37-24-28-65(103)77(126-18)58(10)80(110)95-59(11)78(61-25-21-20-22-26-61)134-136(123,124)132-51-60-29-31-62(32-30-60)96-81(111)63(27-23-35-93-89(91)119)98-84(114)73(53(2)3)99-82(112)64(48-72(109)133-79-88(118)131-52-90(79,12)13)97-69(106)33-38-127-40-42-129-44-45-130-43-41-128-39-36-92-83(113)66(104-71(108)47-57(9)86(104)116)50-94-68(105)34-46-135(120,121)122/h20-22,25-26,29-32,53-59,63-67,73-79H,19,23-24,27-28,33-52H2,1-18H3,(H,92,113)(H,94,105)(H,95,110)(H,96,111)(H,97,106)(H,98,114)(H,99,112)(H,100,115)(H,123,124)(H3,91,93,119)(H2,120,121,122)/t56-,57?,58+,59+,63-,64-,65-,66-,67+,73-,74-,75-,76-,77+,78+,79?/m0/s1. The van der Waals surface area contributed by atoms with E-state index in [2.05, 4.69) is 47.9 Å². The van der Waals surface area contributed by atoms with Crippen LogP contribution >= 0.6 is 15.4 Å². The number of urea groups is 1. The Bertz CT molecular complexity index is 4370. The summed E-state index contributed by atoms with van der Waals surface area (Å²) >= 11 is 0. The summed E-state index contributed by atoms with van der Waals surface area (Å²) < 4.78 is 81.7. The Hall–Kier alpha value is -9.53. The van der Waals surface area contributed by atoms with Crippen molar-refractivity contribution >= 4 is 110 Å². The van der Waals surface area contributed by atoms with Crippen LogP contribution in [0.4, 0.5) is 10.5 Å². The summed E-state index contributed by atoms with van der Waals surface area (Å²) in [6, 6.07) is 3.90. The van der Waals surface area contributed by atoms with Crippen LogP contribution in [0.15, 0.2) is 54.6 Å². The number of phosphoric acid groups is 1. The van der Waals surface area contributed by atoms with Crippen LogP contribution in [0.5, 0.6) is 0 Å². The van der Waals surface area contributed by atoms with Crippen molar-refractivity contribution in [3.8, 4) is 0 Å². The Morgan fingerprint density at radius 3 is 1.81 bits per heavy atom. The first-order valence-electron chi connectivity index (χ1n) is 46.0. The van der Waals surface area contributed by atoms with Gasteiger partial charge in [-0.1, -0.05) is 132 Å². The molecule has 0 aliphatic carbocycles. The van der Waals surface area contributed by atoms with Crippen LogP contribution in [-0.4, -0.2) is 323 Å². The SMILES string of the molecule is CC[C@H](C)[C@@H]([C@@H](CC(=O)N1CCC[C@H]1[C@H](OC)[C@@H](C)C(=O)N[C@H](C)[C@@H](OP(=O)(O)OCc1ccc(NC(=O)[C@H](CCCNC(N)=O)NC(=O)[C@@H](NC(=O)[C@H](CC(=O)OC2C(=O)OCC2(C)C)NC(=O)CCOCCOCCOCCOCCNC(=O)[C@H](CNC(=O)CCP(=O)(O)O)N2C(=O)CC(C)C2=O)C(C)C)cc1)c1ccccc1)OC)N(C)C(=O)[C@@H](NC(=O)[C@H](C(C)C)N(C)C)C(C)C. The molecule has 14 amide bonds. The molecule has 2 aromatic carbocycles. The summed E-state index contributed by atoms with van der Waals surface area (Å²) in [4.78, 5) is 238. The Morgan fingerprint density at radius 2 is 1.26 bits per heavy atom. The molecule has 0 bridgehead atoms. The maximum atomic E-state index is 14.7. The smallest absolute Gasteiger partial charge is 0.462 e. The van der Waals surface area contributed by atoms with Gasteiger partial charge in [-0.2, -0.15) is 0 Å². The molecule has 0 aromatic heterocycles. The van der Waals surface area contributed by atoms with Crippen molar-refractivity contribution in [3.05, 3.63) is 65.7 Å². The number of likely N-dealkylation sites (N-methyl/N-ethyl adjacent to an activating group) is 2. The zero-order valence-corrected chi connectivity index (χ0v) is 83.3. The number of nitrogens with zero attached hydrogens (tertiary/aromatic N) is 4. The molecule has 2 aromatic rings. The monoisotopic (exact) mass is 1960 g/mol. The lowest BCUT2D eigenvalue weighted by Crippen LogP contribution is -2.59. The highest BCUT2D eigenvalue weighted by Crippen LogP contribution is 2.50. The molecule has 14 N–H and O–H groups in total. The van der Waals surface area contributed by atoms with E-state index in [1.807, 2.05) is 60.5 Å². The molecule has 136 heavy (non-hydrogen) atoms. The topological polar surface area (TPSA) is 590 Å². The van der Waals surface area contributed by atoms with Gasteiger partial charge in [0.05, 0.1) is 121 Å². The third-order valence-corrected chi connectivity index (χ3v) is 25.4. The number of ether oxygens (including phenoxy) is 8. The van der Waals surface area contributed by atoms with Gasteiger partial charge in [0.25, 0.3) is 0 Å². The fourth-order valence-electron chi connectivity index (χ4n) is 16.0. The van der Waals surface area contributed by atoms with Crippen molar-refractivity contribution in [1.29, 1.82) is 0 Å². The molecule has 3 heterocycles. The predicted octanol–water partition coefficient (Wildman–Crippen LogP) is 2.62. The average Bonchev–Trinajstić information content (AvgIpc) is 1.72. The number of hydrogen-bond acceptors (Lipinski definition) is 28. The Balaban J connectivity index is 1.16. The van der Waals surface area contributed by atoms with Crippen molar-refractivity contribution in [2.75, 3.05) is 132 Å². The molecule has 0 radical (unpaired) electrons. The summed E-state index contributed by atoms with van der Waals surface area (Å²) in [6.07, 6.45) is -5.29. The number of nitrogens with two attached hydrogens (primary N) is 1. The predicted molar refractivity (Wildman–Crippen MR) is 494 cm³/mol. The van der Waals surface area contributed by atoms with Gasteiger partial charge in [0, 0.05) is 83.7 Å². The first-order valence-corrected chi connectivity index (χ1v) is 49.3. The van der Waals surface area contributed by atoms with Crippen LogP contribution in [0.2, 0.25) is 0 Å². The molecular formula is C90H146N14O30P2. The molecular weight excluding hydrogens is 1820 g/mol. The molecule has 17 atom stereocenters. The number of nitrogens with one attached hydrogen (secondary N) is 9. The number of imide groups is 1. The van der Waals surface area contributed by atoms with Gasteiger partial charge in [-0.05, 0) is 93.6 Å². The van der Waals surface area contributed by atoms with Crippen LogP contribution in [0.25, 0.3) is 0 Å². The van der Waals surface area contributed by atoms with Gasteiger partial charge in [-0.3, -0.25) is 85.7 Å². The second kappa shape index (κ2) is 57.1. The molecule has 0 spiro atoms. The lowest BCUT2D eigenvalue weighted by atomic mass is 9.89. The molecule has 44 nitrogen and oxygen atoms in total. The number of esters is 2. The molecule has 3 aliphatic heterocycles. The molecule has 0 saturated carbocycles. The maximum Gasteiger partial charge on any atom is 0.473 e. The largest absolute Gasteiger partial charge is 0.473 e. The van der Waals surface area contributed by atoms with E-state index in [0.717, 1.165) is 4.90 Å². The first kappa shape index (κ1) is 117. The zero-order chi connectivity index (χ0) is 102.